The first-order valence-electron chi connectivity index (χ1n) is 6.65. The fourth-order valence-electron chi connectivity index (χ4n) is 2.20. The highest BCUT2D eigenvalue weighted by atomic mass is 32.2. The molecule has 4 heteroatoms. The van der Waals surface area contributed by atoms with Gasteiger partial charge in [-0.3, -0.25) is 4.79 Å². The van der Waals surface area contributed by atoms with Crippen LogP contribution in [0, 0.1) is 5.92 Å². The number of hydrogen-bond donors (Lipinski definition) is 1. The monoisotopic (exact) mass is 259 g/mol. The molecule has 0 saturated heterocycles. The first-order chi connectivity index (χ1) is 8.24. The minimum absolute atomic E-state index is 0.219. The molecule has 0 heterocycles. The van der Waals surface area contributed by atoms with Gasteiger partial charge >= 0.3 is 5.97 Å². The molecular formula is C13H25NO2S. The molecule has 1 atom stereocenters. The summed E-state index contributed by atoms with van der Waals surface area (Å²) in [6, 6.07) is -0.437. The SMILES string of the molecule is CSCC[C@H](N)C(=O)OCC1CCCCCC1. The summed E-state index contributed by atoms with van der Waals surface area (Å²) in [4.78, 5) is 11.6. The van der Waals surface area contributed by atoms with E-state index in [-0.39, 0.29) is 5.97 Å². The van der Waals surface area contributed by atoms with Crippen LogP contribution in [0.5, 0.6) is 0 Å². The van der Waals surface area contributed by atoms with Crippen LogP contribution in [-0.2, 0) is 9.53 Å². The summed E-state index contributed by atoms with van der Waals surface area (Å²) in [5.41, 5.74) is 5.76. The molecular weight excluding hydrogens is 234 g/mol. The normalized spacial score (nSPS) is 19.6. The summed E-state index contributed by atoms with van der Waals surface area (Å²) in [7, 11) is 0. The zero-order chi connectivity index (χ0) is 12.5. The van der Waals surface area contributed by atoms with Crippen molar-refractivity contribution in [1.29, 1.82) is 0 Å². The summed E-state index contributed by atoms with van der Waals surface area (Å²) in [6.45, 7) is 0.575. The van der Waals surface area contributed by atoms with E-state index in [2.05, 4.69) is 0 Å². The molecule has 0 bridgehead atoms. The quantitative estimate of drug-likeness (QED) is 0.588. The van der Waals surface area contributed by atoms with Crippen molar-refractivity contribution in [2.24, 2.45) is 11.7 Å². The van der Waals surface area contributed by atoms with Gasteiger partial charge in [-0.05, 0) is 37.2 Å². The molecule has 0 amide bonds. The van der Waals surface area contributed by atoms with Crippen LogP contribution in [0.15, 0.2) is 0 Å². The predicted octanol–water partition coefficient (Wildman–Crippen LogP) is 2.58. The summed E-state index contributed by atoms with van der Waals surface area (Å²) in [6.07, 6.45) is 10.4. The Morgan fingerprint density at radius 3 is 2.59 bits per heavy atom. The molecule has 0 aromatic carbocycles. The van der Waals surface area contributed by atoms with Crippen LogP contribution in [-0.4, -0.2) is 30.6 Å². The maximum Gasteiger partial charge on any atom is 0.322 e. The molecule has 0 radical (unpaired) electrons. The van der Waals surface area contributed by atoms with Gasteiger partial charge in [0, 0.05) is 0 Å². The van der Waals surface area contributed by atoms with Crippen LogP contribution < -0.4 is 5.73 Å². The molecule has 1 rings (SSSR count). The van der Waals surface area contributed by atoms with E-state index in [0.717, 1.165) is 5.75 Å². The molecule has 1 saturated carbocycles. The second-order valence-electron chi connectivity index (χ2n) is 4.88. The maximum atomic E-state index is 11.6. The third-order valence-corrected chi connectivity index (χ3v) is 4.02. The highest BCUT2D eigenvalue weighted by molar-refractivity contribution is 7.98. The molecule has 1 aliphatic carbocycles. The summed E-state index contributed by atoms with van der Waals surface area (Å²) >= 11 is 1.71. The summed E-state index contributed by atoms with van der Waals surface area (Å²) in [5.74, 6) is 1.26. The lowest BCUT2D eigenvalue weighted by molar-refractivity contribution is -0.146. The van der Waals surface area contributed by atoms with Crippen molar-refractivity contribution in [2.75, 3.05) is 18.6 Å². The number of rotatable bonds is 6. The second-order valence-corrected chi connectivity index (χ2v) is 5.86. The van der Waals surface area contributed by atoms with Gasteiger partial charge in [0.15, 0.2) is 0 Å². The van der Waals surface area contributed by atoms with Gasteiger partial charge in [-0.1, -0.05) is 25.7 Å². The van der Waals surface area contributed by atoms with E-state index in [0.29, 0.717) is 18.9 Å². The number of ether oxygens (including phenoxy) is 1. The van der Waals surface area contributed by atoms with Crippen molar-refractivity contribution < 1.29 is 9.53 Å². The van der Waals surface area contributed by atoms with E-state index in [1.807, 2.05) is 6.26 Å². The number of esters is 1. The van der Waals surface area contributed by atoms with Gasteiger partial charge in [0.2, 0.25) is 0 Å². The van der Waals surface area contributed by atoms with Gasteiger partial charge in [-0.15, -0.1) is 0 Å². The van der Waals surface area contributed by atoms with E-state index < -0.39 is 6.04 Å². The van der Waals surface area contributed by atoms with E-state index in [1.54, 1.807) is 11.8 Å². The molecule has 100 valence electrons. The predicted molar refractivity (Wildman–Crippen MR) is 73.1 cm³/mol. The minimum atomic E-state index is -0.437. The highest BCUT2D eigenvalue weighted by Gasteiger charge is 2.18. The first kappa shape index (κ1) is 14.8. The molecule has 0 unspecified atom stereocenters. The Labute approximate surface area is 109 Å². The van der Waals surface area contributed by atoms with Crippen LogP contribution in [0.3, 0.4) is 0 Å². The Morgan fingerprint density at radius 1 is 1.35 bits per heavy atom. The van der Waals surface area contributed by atoms with Crippen LogP contribution in [0.25, 0.3) is 0 Å². The third kappa shape index (κ3) is 6.32. The fourth-order valence-corrected chi connectivity index (χ4v) is 2.69. The van der Waals surface area contributed by atoms with E-state index in [9.17, 15) is 4.79 Å². The van der Waals surface area contributed by atoms with Crippen molar-refractivity contribution in [3.8, 4) is 0 Å². The second kappa shape index (κ2) is 8.81. The molecule has 0 aliphatic heterocycles. The topological polar surface area (TPSA) is 52.3 Å². The van der Waals surface area contributed by atoms with Gasteiger partial charge in [-0.2, -0.15) is 11.8 Å². The molecule has 1 fully saturated rings. The number of nitrogens with two attached hydrogens (primary N) is 1. The molecule has 3 nitrogen and oxygen atoms in total. The van der Waals surface area contributed by atoms with Gasteiger partial charge in [0.1, 0.15) is 6.04 Å². The Kier molecular flexibility index (Phi) is 7.69. The zero-order valence-corrected chi connectivity index (χ0v) is 11.6. The first-order valence-corrected chi connectivity index (χ1v) is 8.04. The fraction of sp³-hybridized carbons (Fsp3) is 0.923. The van der Waals surface area contributed by atoms with Crippen molar-refractivity contribution in [3.63, 3.8) is 0 Å². The molecule has 1 aliphatic rings. The lowest BCUT2D eigenvalue weighted by Gasteiger charge is -2.16. The van der Waals surface area contributed by atoms with Crippen LogP contribution in [0.1, 0.15) is 44.9 Å². The highest BCUT2D eigenvalue weighted by Crippen LogP contribution is 2.23. The number of carbonyl (C=O) groups is 1. The van der Waals surface area contributed by atoms with Crippen LogP contribution in [0.4, 0.5) is 0 Å². The average molecular weight is 259 g/mol. The Morgan fingerprint density at radius 2 is 2.00 bits per heavy atom. The van der Waals surface area contributed by atoms with E-state index >= 15 is 0 Å². The lowest BCUT2D eigenvalue weighted by atomic mass is 10.0. The lowest BCUT2D eigenvalue weighted by Crippen LogP contribution is -2.33. The third-order valence-electron chi connectivity index (χ3n) is 3.37. The summed E-state index contributed by atoms with van der Waals surface area (Å²) < 4.78 is 5.32. The maximum absolute atomic E-state index is 11.6. The Hall–Kier alpha value is -0.220. The Bertz CT molecular complexity index is 215. The minimum Gasteiger partial charge on any atom is -0.464 e. The van der Waals surface area contributed by atoms with Gasteiger partial charge in [0.05, 0.1) is 6.61 Å². The van der Waals surface area contributed by atoms with Gasteiger partial charge in [0.25, 0.3) is 0 Å². The molecule has 0 aromatic heterocycles. The van der Waals surface area contributed by atoms with Crippen molar-refractivity contribution >= 4 is 17.7 Å². The van der Waals surface area contributed by atoms with Crippen molar-refractivity contribution in [2.45, 2.75) is 51.0 Å². The molecule has 17 heavy (non-hydrogen) atoms. The molecule has 2 N–H and O–H groups in total. The van der Waals surface area contributed by atoms with E-state index in [4.69, 9.17) is 10.5 Å². The number of hydrogen-bond acceptors (Lipinski definition) is 4. The van der Waals surface area contributed by atoms with Crippen molar-refractivity contribution in [3.05, 3.63) is 0 Å². The largest absolute Gasteiger partial charge is 0.464 e. The van der Waals surface area contributed by atoms with Gasteiger partial charge in [-0.25, -0.2) is 0 Å². The Balaban J connectivity index is 2.17. The van der Waals surface area contributed by atoms with Gasteiger partial charge < -0.3 is 10.5 Å². The smallest absolute Gasteiger partial charge is 0.322 e. The number of carbonyl (C=O) groups excluding carboxylic acids is 1. The number of thioether (sulfide) groups is 1. The zero-order valence-electron chi connectivity index (χ0n) is 10.8. The van der Waals surface area contributed by atoms with Crippen LogP contribution >= 0.6 is 11.8 Å². The average Bonchev–Trinajstić information content (AvgIpc) is 2.61. The van der Waals surface area contributed by atoms with Crippen LogP contribution in [0.2, 0.25) is 0 Å². The standard InChI is InChI=1S/C13H25NO2S/c1-17-9-8-12(14)13(15)16-10-11-6-4-2-3-5-7-11/h11-12H,2-10,14H2,1H3/t12-/m0/s1. The van der Waals surface area contributed by atoms with Crippen molar-refractivity contribution in [1.82, 2.24) is 0 Å². The molecule has 0 spiro atoms. The summed E-state index contributed by atoms with van der Waals surface area (Å²) in [5, 5.41) is 0. The van der Waals surface area contributed by atoms with E-state index in [1.165, 1.54) is 38.5 Å². The molecule has 0 aromatic rings.